The van der Waals surface area contributed by atoms with Crippen LogP contribution in [0.5, 0.6) is 0 Å². The number of amides is 3. The number of benzene rings is 2. The predicted molar refractivity (Wildman–Crippen MR) is 118 cm³/mol. The molecule has 1 aliphatic heterocycles. The molecule has 0 saturated carbocycles. The van der Waals surface area contributed by atoms with Crippen LogP contribution < -0.4 is 10.8 Å². The van der Waals surface area contributed by atoms with Crippen molar-refractivity contribution in [2.75, 3.05) is 40.4 Å². The van der Waals surface area contributed by atoms with Gasteiger partial charge in [0.05, 0.1) is 13.2 Å². The maximum atomic E-state index is 12.8. The van der Waals surface area contributed by atoms with Crippen LogP contribution in [0.3, 0.4) is 0 Å². The Bertz CT molecular complexity index is 941. The molecule has 0 aliphatic carbocycles. The van der Waals surface area contributed by atoms with Gasteiger partial charge in [-0.15, -0.1) is 0 Å². The van der Waals surface area contributed by atoms with Crippen LogP contribution in [0.2, 0.25) is 0 Å². The third-order valence-electron chi connectivity index (χ3n) is 5.46. The average Bonchev–Trinajstić information content (AvgIpc) is 2.84. The standard InChI is InChI=1S/C23H28N4O5/c1-24-21(28)20(22(29)25-31)26(2)23(30)18-8-6-17(7-9-18)19-5-3-4-16(14-19)15-27-10-12-32-13-11-27/h3-9,14,20,31H,10-13,15H2,1-2H3,(H,24,28)(H,25,29). The lowest BCUT2D eigenvalue weighted by Gasteiger charge is -2.26. The summed E-state index contributed by atoms with van der Waals surface area (Å²) < 4.78 is 5.40. The Labute approximate surface area is 186 Å². The Morgan fingerprint density at radius 3 is 2.38 bits per heavy atom. The number of rotatable bonds is 7. The molecule has 1 fully saturated rings. The first-order chi connectivity index (χ1) is 15.4. The summed E-state index contributed by atoms with van der Waals surface area (Å²) in [6, 6.07) is 13.7. The largest absolute Gasteiger partial charge is 0.379 e. The number of morpholine rings is 1. The normalized spacial score (nSPS) is 15.0. The highest BCUT2D eigenvalue weighted by Crippen LogP contribution is 2.22. The number of carbonyl (C=O) groups is 3. The van der Waals surface area contributed by atoms with Crippen LogP contribution in [-0.2, 0) is 20.9 Å². The summed E-state index contributed by atoms with van der Waals surface area (Å²) in [5, 5.41) is 11.2. The zero-order valence-corrected chi connectivity index (χ0v) is 18.2. The number of hydroxylamine groups is 1. The zero-order valence-electron chi connectivity index (χ0n) is 18.2. The Balaban J connectivity index is 1.74. The molecule has 3 rings (SSSR count). The summed E-state index contributed by atoms with van der Waals surface area (Å²) in [6.07, 6.45) is 0. The molecule has 1 atom stereocenters. The minimum atomic E-state index is -1.49. The zero-order chi connectivity index (χ0) is 23.1. The predicted octanol–water partition coefficient (Wildman–Crippen LogP) is 0.878. The van der Waals surface area contributed by atoms with Crippen molar-refractivity contribution in [2.24, 2.45) is 0 Å². The highest BCUT2D eigenvalue weighted by molar-refractivity contribution is 6.08. The van der Waals surface area contributed by atoms with Gasteiger partial charge in [-0.1, -0.05) is 30.3 Å². The second kappa shape index (κ2) is 10.9. The lowest BCUT2D eigenvalue weighted by Crippen LogP contribution is -2.54. The molecule has 1 unspecified atom stereocenters. The fraction of sp³-hybridized carbons (Fsp3) is 0.348. The Morgan fingerprint density at radius 2 is 1.75 bits per heavy atom. The first-order valence-electron chi connectivity index (χ1n) is 10.4. The Hall–Kier alpha value is -3.27. The second-order valence-corrected chi connectivity index (χ2v) is 7.58. The fourth-order valence-electron chi connectivity index (χ4n) is 3.66. The topological polar surface area (TPSA) is 111 Å². The van der Waals surface area contributed by atoms with E-state index in [1.807, 2.05) is 24.3 Å². The van der Waals surface area contributed by atoms with Crippen molar-refractivity contribution < 1.29 is 24.3 Å². The van der Waals surface area contributed by atoms with Crippen molar-refractivity contribution in [1.29, 1.82) is 0 Å². The molecule has 170 valence electrons. The maximum absolute atomic E-state index is 12.8. The van der Waals surface area contributed by atoms with E-state index < -0.39 is 23.8 Å². The quantitative estimate of drug-likeness (QED) is 0.335. The van der Waals surface area contributed by atoms with E-state index in [4.69, 9.17) is 9.94 Å². The molecule has 9 heteroatoms. The molecular weight excluding hydrogens is 412 g/mol. The molecule has 1 heterocycles. The van der Waals surface area contributed by atoms with Crippen molar-refractivity contribution >= 4 is 17.7 Å². The van der Waals surface area contributed by atoms with Gasteiger partial charge in [-0.25, -0.2) is 5.48 Å². The lowest BCUT2D eigenvalue weighted by atomic mass is 10.0. The first-order valence-corrected chi connectivity index (χ1v) is 10.4. The van der Waals surface area contributed by atoms with Gasteiger partial charge in [0, 0.05) is 39.3 Å². The van der Waals surface area contributed by atoms with Gasteiger partial charge in [0.25, 0.3) is 17.7 Å². The van der Waals surface area contributed by atoms with Gasteiger partial charge in [-0.3, -0.25) is 24.5 Å². The molecule has 0 radical (unpaired) electrons. The molecule has 1 saturated heterocycles. The molecule has 0 bridgehead atoms. The van der Waals surface area contributed by atoms with Crippen molar-refractivity contribution in [3.63, 3.8) is 0 Å². The van der Waals surface area contributed by atoms with Crippen LogP contribution >= 0.6 is 0 Å². The van der Waals surface area contributed by atoms with Gasteiger partial charge in [0.15, 0.2) is 6.04 Å². The SMILES string of the molecule is CNC(=O)C(C(=O)NO)N(C)C(=O)c1ccc(-c2cccc(CN3CCOCC3)c2)cc1. The van der Waals surface area contributed by atoms with E-state index >= 15 is 0 Å². The van der Waals surface area contributed by atoms with Gasteiger partial charge in [0.1, 0.15) is 0 Å². The molecular formula is C23H28N4O5. The molecule has 3 N–H and O–H groups in total. The Morgan fingerprint density at radius 1 is 1.06 bits per heavy atom. The molecule has 3 amide bonds. The van der Waals surface area contributed by atoms with Gasteiger partial charge in [-0.05, 0) is 34.9 Å². The second-order valence-electron chi connectivity index (χ2n) is 7.58. The monoisotopic (exact) mass is 440 g/mol. The van der Waals surface area contributed by atoms with E-state index in [1.165, 1.54) is 25.1 Å². The Kier molecular flexibility index (Phi) is 7.93. The van der Waals surface area contributed by atoms with Crippen molar-refractivity contribution in [3.05, 3.63) is 59.7 Å². The van der Waals surface area contributed by atoms with Crippen molar-refractivity contribution in [3.8, 4) is 11.1 Å². The van der Waals surface area contributed by atoms with E-state index in [0.717, 1.165) is 48.9 Å². The van der Waals surface area contributed by atoms with Crippen molar-refractivity contribution in [1.82, 2.24) is 20.6 Å². The van der Waals surface area contributed by atoms with Crippen LogP contribution in [0.4, 0.5) is 0 Å². The van der Waals surface area contributed by atoms with Crippen LogP contribution in [0, 0.1) is 0 Å². The lowest BCUT2D eigenvalue weighted by molar-refractivity contribution is -0.140. The van der Waals surface area contributed by atoms with E-state index in [0.29, 0.717) is 5.56 Å². The summed E-state index contributed by atoms with van der Waals surface area (Å²) >= 11 is 0. The van der Waals surface area contributed by atoms with Crippen LogP contribution in [-0.4, -0.2) is 79.2 Å². The number of hydrogen-bond donors (Lipinski definition) is 3. The number of carbonyl (C=O) groups excluding carboxylic acids is 3. The van der Waals surface area contributed by atoms with E-state index in [1.54, 1.807) is 12.1 Å². The molecule has 0 spiro atoms. The summed E-state index contributed by atoms with van der Waals surface area (Å²) in [5.74, 6) is -2.22. The van der Waals surface area contributed by atoms with E-state index in [9.17, 15) is 14.4 Å². The third kappa shape index (κ3) is 5.50. The fourth-order valence-corrected chi connectivity index (χ4v) is 3.66. The van der Waals surface area contributed by atoms with Crippen LogP contribution in [0.1, 0.15) is 15.9 Å². The van der Waals surface area contributed by atoms with Gasteiger partial charge >= 0.3 is 0 Å². The minimum Gasteiger partial charge on any atom is -0.379 e. The number of nitrogens with one attached hydrogen (secondary N) is 2. The molecule has 0 aromatic heterocycles. The van der Waals surface area contributed by atoms with Gasteiger partial charge in [-0.2, -0.15) is 0 Å². The highest BCUT2D eigenvalue weighted by atomic mass is 16.5. The molecule has 2 aromatic carbocycles. The smallest absolute Gasteiger partial charge is 0.275 e. The van der Waals surface area contributed by atoms with Gasteiger partial charge < -0.3 is 15.0 Å². The summed E-state index contributed by atoms with van der Waals surface area (Å²) in [6.45, 7) is 4.20. The van der Waals surface area contributed by atoms with Crippen molar-refractivity contribution in [2.45, 2.75) is 12.6 Å². The first kappa shape index (κ1) is 23.4. The van der Waals surface area contributed by atoms with Crippen LogP contribution in [0.15, 0.2) is 48.5 Å². The minimum absolute atomic E-state index is 0.320. The molecule has 9 nitrogen and oxygen atoms in total. The molecule has 1 aliphatic rings. The number of likely N-dealkylation sites (N-methyl/N-ethyl adjacent to an activating group) is 2. The van der Waals surface area contributed by atoms with Gasteiger partial charge in [0.2, 0.25) is 0 Å². The molecule has 32 heavy (non-hydrogen) atoms. The summed E-state index contributed by atoms with van der Waals surface area (Å²) in [5.41, 5.74) is 4.93. The maximum Gasteiger partial charge on any atom is 0.275 e. The van der Waals surface area contributed by atoms with Crippen LogP contribution in [0.25, 0.3) is 11.1 Å². The number of hydrogen-bond acceptors (Lipinski definition) is 6. The summed E-state index contributed by atoms with van der Waals surface area (Å²) in [7, 11) is 2.68. The summed E-state index contributed by atoms with van der Waals surface area (Å²) in [4.78, 5) is 40.1. The molecule has 2 aromatic rings. The number of nitrogens with zero attached hydrogens (tertiary/aromatic N) is 2. The highest BCUT2D eigenvalue weighted by Gasteiger charge is 2.33. The van der Waals surface area contributed by atoms with E-state index in [-0.39, 0.29) is 0 Å². The number of ether oxygens (including phenoxy) is 1. The average molecular weight is 441 g/mol. The van der Waals surface area contributed by atoms with E-state index in [2.05, 4.69) is 22.3 Å². The third-order valence-corrected chi connectivity index (χ3v) is 5.46.